The molecule has 4 rings (SSSR count). The maximum Gasteiger partial charge on any atom is 0.225 e. The Morgan fingerprint density at radius 2 is 2.00 bits per heavy atom. The van der Waals surface area contributed by atoms with Crippen molar-refractivity contribution in [1.82, 2.24) is 14.8 Å². The van der Waals surface area contributed by atoms with Crippen molar-refractivity contribution in [2.45, 2.75) is 32.2 Å². The number of aromatic nitrogens is 1. The van der Waals surface area contributed by atoms with E-state index < -0.39 is 0 Å². The molecule has 1 aliphatic carbocycles. The van der Waals surface area contributed by atoms with E-state index in [1.807, 2.05) is 24.3 Å². The van der Waals surface area contributed by atoms with Crippen LogP contribution in [0.4, 0.5) is 0 Å². The van der Waals surface area contributed by atoms with Crippen molar-refractivity contribution < 1.29 is 9.21 Å². The normalized spacial score (nSPS) is 20.4. The van der Waals surface area contributed by atoms with Gasteiger partial charge in [0.05, 0.1) is 6.54 Å². The van der Waals surface area contributed by atoms with Crippen LogP contribution in [0.3, 0.4) is 0 Å². The monoisotopic (exact) mass is 313 g/mol. The van der Waals surface area contributed by atoms with Gasteiger partial charge < -0.3 is 9.32 Å². The SMILES string of the molecule is O=C(C1CCC1)N1CCCN(Cc2nc3ccccc3o2)CC1. The second-order valence-corrected chi connectivity index (χ2v) is 6.66. The van der Waals surface area contributed by atoms with Gasteiger partial charge in [-0.1, -0.05) is 18.6 Å². The topological polar surface area (TPSA) is 49.6 Å². The summed E-state index contributed by atoms with van der Waals surface area (Å²) in [5, 5.41) is 0. The molecule has 1 saturated heterocycles. The molecule has 0 atom stereocenters. The number of hydrogen-bond donors (Lipinski definition) is 0. The largest absolute Gasteiger partial charge is 0.439 e. The highest BCUT2D eigenvalue weighted by atomic mass is 16.3. The first-order valence-electron chi connectivity index (χ1n) is 8.65. The average molecular weight is 313 g/mol. The van der Waals surface area contributed by atoms with Crippen molar-refractivity contribution >= 4 is 17.0 Å². The van der Waals surface area contributed by atoms with E-state index in [0.717, 1.165) is 69.0 Å². The minimum absolute atomic E-state index is 0.304. The fourth-order valence-corrected chi connectivity index (χ4v) is 3.44. The Hall–Kier alpha value is -1.88. The zero-order chi connectivity index (χ0) is 15.6. The number of oxazole rings is 1. The van der Waals surface area contributed by atoms with Crippen molar-refractivity contribution in [2.75, 3.05) is 26.2 Å². The van der Waals surface area contributed by atoms with Crippen molar-refractivity contribution in [2.24, 2.45) is 5.92 Å². The summed E-state index contributed by atoms with van der Waals surface area (Å²) in [6.45, 7) is 4.33. The molecular weight excluding hydrogens is 290 g/mol. The van der Waals surface area contributed by atoms with Crippen LogP contribution in [0.15, 0.2) is 28.7 Å². The summed E-state index contributed by atoms with van der Waals surface area (Å²) in [7, 11) is 0. The molecule has 5 heteroatoms. The maximum atomic E-state index is 12.4. The number of nitrogens with zero attached hydrogens (tertiary/aromatic N) is 3. The summed E-state index contributed by atoms with van der Waals surface area (Å²) in [6, 6.07) is 7.87. The first-order chi connectivity index (χ1) is 11.3. The number of carbonyl (C=O) groups is 1. The molecule has 0 N–H and O–H groups in total. The Balaban J connectivity index is 1.37. The van der Waals surface area contributed by atoms with Crippen LogP contribution in [0.25, 0.3) is 11.1 Å². The van der Waals surface area contributed by atoms with E-state index in [0.29, 0.717) is 11.8 Å². The Labute approximate surface area is 136 Å². The minimum atomic E-state index is 0.304. The van der Waals surface area contributed by atoms with Gasteiger partial charge in [0.15, 0.2) is 5.58 Å². The van der Waals surface area contributed by atoms with Gasteiger partial charge in [-0.25, -0.2) is 4.98 Å². The molecule has 0 unspecified atom stereocenters. The van der Waals surface area contributed by atoms with Crippen LogP contribution in [-0.2, 0) is 11.3 Å². The van der Waals surface area contributed by atoms with E-state index in [1.165, 1.54) is 6.42 Å². The van der Waals surface area contributed by atoms with Gasteiger partial charge in [0.2, 0.25) is 11.8 Å². The summed E-state index contributed by atoms with van der Waals surface area (Å²) >= 11 is 0. The third-order valence-corrected chi connectivity index (χ3v) is 5.05. The lowest BCUT2D eigenvalue weighted by atomic mass is 9.84. The first kappa shape index (κ1) is 14.7. The molecule has 1 aliphatic heterocycles. The Morgan fingerprint density at radius 3 is 2.78 bits per heavy atom. The molecule has 23 heavy (non-hydrogen) atoms. The predicted octanol–water partition coefficient (Wildman–Crippen LogP) is 2.66. The zero-order valence-electron chi connectivity index (χ0n) is 13.4. The Bertz CT molecular complexity index is 659. The average Bonchev–Trinajstić information content (AvgIpc) is 2.75. The van der Waals surface area contributed by atoms with Crippen molar-refractivity contribution in [3.63, 3.8) is 0 Å². The van der Waals surface area contributed by atoms with Crippen LogP contribution in [0.5, 0.6) is 0 Å². The van der Waals surface area contributed by atoms with Gasteiger partial charge in [0.1, 0.15) is 5.52 Å². The second kappa shape index (κ2) is 6.32. The zero-order valence-corrected chi connectivity index (χ0v) is 13.4. The molecule has 2 aliphatic rings. The lowest BCUT2D eigenvalue weighted by Crippen LogP contribution is -2.41. The molecule has 1 amide bonds. The van der Waals surface area contributed by atoms with Crippen LogP contribution in [0.1, 0.15) is 31.6 Å². The van der Waals surface area contributed by atoms with Crippen LogP contribution in [-0.4, -0.2) is 46.9 Å². The third-order valence-electron chi connectivity index (χ3n) is 5.05. The van der Waals surface area contributed by atoms with Gasteiger partial charge in [0.25, 0.3) is 0 Å². The number of amides is 1. The fraction of sp³-hybridized carbons (Fsp3) is 0.556. The molecule has 0 radical (unpaired) electrons. The van der Waals surface area contributed by atoms with E-state index in [-0.39, 0.29) is 0 Å². The predicted molar refractivity (Wildman–Crippen MR) is 87.8 cm³/mol. The Kier molecular flexibility index (Phi) is 4.04. The number of fused-ring (bicyclic) bond motifs is 1. The standard InChI is InChI=1S/C18H23N3O2/c22-18(14-5-3-6-14)21-10-4-9-20(11-12-21)13-17-19-15-7-1-2-8-16(15)23-17/h1-2,7-8,14H,3-6,9-13H2. The maximum absolute atomic E-state index is 12.4. The van der Waals surface area contributed by atoms with E-state index in [4.69, 9.17) is 4.42 Å². The van der Waals surface area contributed by atoms with Gasteiger partial charge in [-0.2, -0.15) is 0 Å². The van der Waals surface area contributed by atoms with Crippen LogP contribution in [0.2, 0.25) is 0 Å². The minimum Gasteiger partial charge on any atom is -0.439 e. The summed E-state index contributed by atoms with van der Waals surface area (Å²) in [6.07, 6.45) is 4.41. The molecule has 2 fully saturated rings. The summed E-state index contributed by atoms with van der Waals surface area (Å²) < 4.78 is 5.82. The lowest BCUT2D eigenvalue weighted by molar-refractivity contribution is -0.138. The molecule has 1 aromatic carbocycles. The highest BCUT2D eigenvalue weighted by Crippen LogP contribution is 2.28. The highest BCUT2D eigenvalue weighted by Gasteiger charge is 2.30. The van der Waals surface area contributed by atoms with Crippen molar-refractivity contribution in [3.8, 4) is 0 Å². The lowest BCUT2D eigenvalue weighted by Gasteiger charge is -2.31. The second-order valence-electron chi connectivity index (χ2n) is 6.66. The van der Waals surface area contributed by atoms with Crippen LogP contribution >= 0.6 is 0 Å². The molecule has 2 aromatic rings. The summed E-state index contributed by atoms with van der Waals surface area (Å²) in [5.41, 5.74) is 1.76. The van der Waals surface area contributed by atoms with Gasteiger partial charge >= 0.3 is 0 Å². The number of benzene rings is 1. The fourth-order valence-electron chi connectivity index (χ4n) is 3.44. The molecule has 0 bridgehead atoms. The molecule has 0 spiro atoms. The third kappa shape index (κ3) is 3.11. The van der Waals surface area contributed by atoms with Crippen LogP contribution in [0, 0.1) is 5.92 Å². The smallest absolute Gasteiger partial charge is 0.225 e. The van der Waals surface area contributed by atoms with Gasteiger partial charge in [0, 0.05) is 32.1 Å². The summed E-state index contributed by atoms with van der Waals surface area (Å²) in [5.74, 6) is 1.45. The quantitative estimate of drug-likeness (QED) is 0.874. The van der Waals surface area contributed by atoms with Crippen molar-refractivity contribution in [1.29, 1.82) is 0 Å². The first-order valence-corrected chi connectivity index (χ1v) is 8.65. The summed E-state index contributed by atoms with van der Waals surface area (Å²) in [4.78, 5) is 21.4. The van der Waals surface area contributed by atoms with Crippen molar-refractivity contribution in [3.05, 3.63) is 30.2 Å². The van der Waals surface area contributed by atoms with E-state index in [9.17, 15) is 4.79 Å². The molecule has 1 saturated carbocycles. The molecule has 122 valence electrons. The number of rotatable bonds is 3. The Morgan fingerprint density at radius 1 is 1.13 bits per heavy atom. The molecule has 2 heterocycles. The van der Waals surface area contributed by atoms with E-state index in [1.54, 1.807) is 0 Å². The van der Waals surface area contributed by atoms with Crippen LogP contribution < -0.4 is 0 Å². The van der Waals surface area contributed by atoms with E-state index >= 15 is 0 Å². The van der Waals surface area contributed by atoms with Gasteiger partial charge in [-0.3, -0.25) is 9.69 Å². The number of carbonyl (C=O) groups excluding carboxylic acids is 1. The molecule has 5 nitrogen and oxygen atoms in total. The van der Waals surface area contributed by atoms with E-state index in [2.05, 4.69) is 14.8 Å². The van der Waals surface area contributed by atoms with Gasteiger partial charge in [-0.15, -0.1) is 0 Å². The highest BCUT2D eigenvalue weighted by molar-refractivity contribution is 5.79. The van der Waals surface area contributed by atoms with Gasteiger partial charge in [-0.05, 0) is 31.4 Å². The molecule has 1 aromatic heterocycles. The number of hydrogen-bond acceptors (Lipinski definition) is 4. The number of para-hydroxylation sites is 2. The molecular formula is C18H23N3O2.